The lowest BCUT2D eigenvalue weighted by Gasteiger charge is -2.34. The summed E-state index contributed by atoms with van der Waals surface area (Å²) in [5.74, 6) is -0.00369. The molecule has 1 amide bonds. The summed E-state index contributed by atoms with van der Waals surface area (Å²) in [6.07, 6.45) is 0. The molecule has 156 valence electrons. The van der Waals surface area contributed by atoms with Gasteiger partial charge in [-0.25, -0.2) is 8.42 Å². The van der Waals surface area contributed by atoms with E-state index in [1.807, 2.05) is 57.2 Å². The van der Waals surface area contributed by atoms with Crippen molar-refractivity contribution in [3.8, 4) is 0 Å². The summed E-state index contributed by atoms with van der Waals surface area (Å²) < 4.78 is 27.3. The summed E-state index contributed by atoms with van der Waals surface area (Å²) in [7, 11) is -3.53. The number of aryl methyl sites for hydroxylation is 2. The molecule has 1 aliphatic heterocycles. The number of carbonyl (C=O) groups excluding carboxylic acids is 1. The number of sulfonamides is 1. The third kappa shape index (κ3) is 5.04. The van der Waals surface area contributed by atoms with Crippen molar-refractivity contribution in [3.05, 3.63) is 65.2 Å². The first kappa shape index (κ1) is 21.5. The number of hydrogen-bond acceptors (Lipinski definition) is 4. The minimum absolute atomic E-state index is 0.00369. The molecule has 1 atom stereocenters. The zero-order chi connectivity index (χ0) is 21.0. The van der Waals surface area contributed by atoms with E-state index >= 15 is 0 Å². The van der Waals surface area contributed by atoms with E-state index in [9.17, 15) is 13.2 Å². The van der Waals surface area contributed by atoms with Crippen LogP contribution in [-0.2, 0) is 14.8 Å². The molecule has 0 radical (unpaired) electrons. The van der Waals surface area contributed by atoms with Gasteiger partial charge in [-0.3, -0.25) is 4.79 Å². The van der Waals surface area contributed by atoms with Crippen molar-refractivity contribution >= 4 is 15.9 Å². The minimum Gasteiger partial charge on any atom is -0.339 e. The van der Waals surface area contributed by atoms with Gasteiger partial charge in [0.15, 0.2) is 0 Å². The lowest BCUT2D eigenvalue weighted by Crippen LogP contribution is -2.52. The Morgan fingerprint density at radius 3 is 2.28 bits per heavy atom. The van der Waals surface area contributed by atoms with E-state index in [1.165, 1.54) is 4.31 Å². The van der Waals surface area contributed by atoms with Crippen molar-refractivity contribution in [2.75, 3.05) is 32.7 Å². The lowest BCUT2D eigenvalue weighted by atomic mass is 10.1. The van der Waals surface area contributed by atoms with Crippen molar-refractivity contribution < 1.29 is 13.2 Å². The highest BCUT2D eigenvalue weighted by Gasteiger charge is 2.30. The first-order valence-electron chi connectivity index (χ1n) is 9.92. The molecule has 0 unspecified atom stereocenters. The predicted octanol–water partition coefficient (Wildman–Crippen LogP) is 2.49. The zero-order valence-corrected chi connectivity index (χ0v) is 18.1. The molecule has 1 heterocycles. The Balaban J connectivity index is 1.54. The van der Waals surface area contributed by atoms with Gasteiger partial charge in [-0.05, 0) is 49.6 Å². The van der Waals surface area contributed by atoms with Gasteiger partial charge in [0.2, 0.25) is 15.9 Å². The van der Waals surface area contributed by atoms with E-state index in [0.717, 1.165) is 16.7 Å². The molecule has 1 aliphatic rings. The largest absolute Gasteiger partial charge is 0.339 e. The van der Waals surface area contributed by atoms with Crippen LogP contribution in [0.4, 0.5) is 0 Å². The Morgan fingerprint density at radius 1 is 1.00 bits per heavy atom. The van der Waals surface area contributed by atoms with E-state index in [4.69, 9.17) is 0 Å². The second kappa shape index (κ2) is 9.07. The highest BCUT2D eigenvalue weighted by molar-refractivity contribution is 7.89. The third-order valence-corrected chi connectivity index (χ3v) is 7.46. The summed E-state index contributed by atoms with van der Waals surface area (Å²) >= 11 is 0. The van der Waals surface area contributed by atoms with E-state index in [0.29, 0.717) is 31.1 Å². The summed E-state index contributed by atoms with van der Waals surface area (Å²) in [6.45, 7) is 7.58. The van der Waals surface area contributed by atoms with Crippen LogP contribution in [0.25, 0.3) is 0 Å². The molecule has 6 nitrogen and oxygen atoms in total. The van der Waals surface area contributed by atoms with Gasteiger partial charge in [0.25, 0.3) is 0 Å². The van der Waals surface area contributed by atoms with Crippen molar-refractivity contribution in [2.24, 2.45) is 0 Å². The Labute approximate surface area is 173 Å². The molecular weight excluding hydrogens is 386 g/mol. The molecule has 0 aliphatic carbocycles. The van der Waals surface area contributed by atoms with Crippen LogP contribution >= 0.6 is 0 Å². The maximum absolute atomic E-state index is 12.9. The van der Waals surface area contributed by atoms with Crippen LogP contribution in [-0.4, -0.2) is 56.3 Å². The quantitative estimate of drug-likeness (QED) is 0.787. The van der Waals surface area contributed by atoms with Crippen LogP contribution in [0, 0.1) is 13.8 Å². The molecule has 3 rings (SSSR count). The van der Waals surface area contributed by atoms with Crippen molar-refractivity contribution in [1.82, 2.24) is 14.5 Å². The molecule has 0 bridgehead atoms. The maximum atomic E-state index is 12.9. The van der Waals surface area contributed by atoms with Crippen molar-refractivity contribution in [2.45, 2.75) is 31.7 Å². The second-order valence-corrected chi connectivity index (χ2v) is 9.48. The van der Waals surface area contributed by atoms with Gasteiger partial charge >= 0.3 is 0 Å². The Bertz CT molecular complexity index is 953. The summed E-state index contributed by atoms with van der Waals surface area (Å²) in [5, 5.41) is 3.25. The van der Waals surface area contributed by atoms with Crippen LogP contribution in [0.15, 0.2) is 53.4 Å². The van der Waals surface area contributed by atoms with Crippen LogP contribution in [0.3, 0.4) is 0 Å². The third-order valence-electron chi connectivity index (χ3n) is 5.57. The number of piperazine rings is 1. The highest BCUT2D eigenvalue weighted by atomic mass is 32.2. The molecule has 2 aromatic carbocycles. The van der Waals surface area contributed by atoms with E-state index < -0.39 is 10.0 Å². The minimum atomic E-state index is -3.53. The summed E-state index contributed by atoms with van der Waals surface area (Å²) in [6, 6.07) is 15.3. The molecule has 0 spiro atoms. The van der Waals surface area contributed by atoms with Gasteiger partial charge in [-0.2, -0.15) is 4.31 Å². The molecule has 1 fully saturated rings. The summed E-state index contributed by atoms with van der Waals surface area (Å²) in [4.78, 5) is 14.6. The number of nitrogens with zero attached hydrogens (tertiary/aromatic N) is 2. The smallest absolute Gasteiger partial charge is 0.243 e. The number of amides is 1. The predicted molar refractivity (Wildman–Crippen MR) is 114 cm³/mol. The molecule has 7 heteroatoms. The van der Waals surface area contributed by atoms with Gasteiger partial charge in [0, 0.05) is 32.2 Å². The van der Waals surface area contributed by atoms with E-state index in [1.54, 1.807) is 17.0 Å². The topological polar surface area (TPSA) is 69.7 Å². The highest BCUT2D eigenvalue weighted by Crippen LogP contribution is 2.20. The van der Waals surface area contributed by atoms with E-state index in [-0.39, 0.29) is 18.5 Å². The Kier molecular flexibility index (Phi) is 6.72. The molecule has 0 saturated carbocycles. The number of carbonyl (C=O) groups is 1. The molecule has 2 aromatic rings. The molecule has 0 aromatic heterocycles. The van der Waals surface area contributed by atoms with Crippen LogP contribution < -0.4 is 5.32 Å². The van der Waals surface area contributed by atoms with Crippen LogP contribution in [0.5, 0.6) is 0 Å². The molecule has 1 saturated heterocycles. The fourth-order valence-electron chi connectivity index (χ4n) is 3.41. The van der Waals surface area contributed by atoms with Gasteiger partial charge in [0.1, 0.15) is 0 Å². The lowest BCUT2D eigenvalue weighted by molar-refractivity contribution is -0.131. The second-order valence-electron chi connectivity index (χ2n) is 7.54. The van der Waals surface area contributed by atoms with Crippen LogP contribution in [0.1, 0.15) is 29.7 Å². The first-order valence-corrected chi connectivity index (χ1v) is 11.4. The summed E-state index contributed by atoms with van der Waals surface area (Å²) in [5.41, 5.74) is 3.15. The molecule has 1 N–H and O–H groups in total. The molecular formula is C22H29N3O3S. The number of nitrogens with one attached hydrogen (secondary N) is 1. The first-order chi connectivity index (χ1) is 13.8. The Hall–Kier alpha value is -2.22. The van der Waals surface area contributed by atoms with Crippen molar-refractivity contribution in [3.63, 3.8) is 0 Å². The SMILES string of the molecule is Cc1ccc(S(=O)(=O)N2CCN(C(=O)CN[C@H](C)c3ccccc3)CC2)cc1C. The van der Waals surface area contributed by atoms with Gasteiger partial charge in [0.05, 0.1) is 11.4 Å². The monoisotopic (exact) mass is 415 g/mol. The average Bonchev–Trinajstić information content (AvgIpc) is 2.74. The number of benzene rings is 2. The van der Waals surface area contributed by atoms with Crippen LogP contribution in [0.2, 0.25) is 0 Å². The maximum Gasteiger partial charge on any atom is 0.243 e. The number of hydrogen-bond donors (Lipinski definition) is 1. The average molecular weight is 416 g/mol. The fourth-order valence-corrected chi connectivity index (χ4v) is 4.92. The van der Waals surface area contributed by atoms with Gasteiger partial charge < -0.3 is 10.2 Å². The van der Waals surface area contributed by atoms with E-state index in [2.05, 4.69) is 5.32 Å². The Morgan fingerprint density at radius 2 is 1.66 bits per heavy atom. The zero-order valence-electron chi connectivity index (χ0n) is 17.3. The normalized spacial score (nSPS) is 16.6. The number of rotatable bonds is 6. The standard InChI is InChI=1S/C22H29N3O3S/c1-17-9-10-21(15-18(17)2)29(27,28)25-13-11-24(12-14-25)22(26)16-23-19(3)20-7-5-4-6-8-20/h4-10,15,19,23H,11-14,16H2,1-3H3/t19-/m1/s1. The van der Waals surface area contributed by atoms with Gasteiger partial charge in [-0.15, -0.1) is 0 Å². The van der Waals surface area contributed by atoms with Gasteiger partial charge in [-0.1, -0.05) is 36.4 Å². The van der Waals surface area contributed by atoms with Crippen molar-refractivity contribution in [1.29, 1.82) is 0 Å². The fraction of sp³-hybridized carbons (Fsp3) is 0.409. The molecule has 29 heavy (non-hydrogen) atoms.